The molecule has 0 radical (unpaired) electrons. The highest BCUT2D eigenvalue weighted by Crippen LogP contribution is 2.21. The zero-order valence-electron chi connectivity index (χ0n) is 18.9. The summed E-state index contributed by atoms with van der Waals surface area (Å²) in [5.74, 6) is -0.174. The molecule has 1 aliphatic heterocycles. The average molecular weight is 454 g/mol. The Morgan fingerprint density at radius 2 is 1.53 bits per heavy atom. The maximum absolute atomic E-state index is 12.6. The largest absolute Gasteiger partial charge is 0.369 e. The highest BCUT2D eigenvalue weighted by molar-refractivity contribution is 5.95. The molecule has 7 heteroatoms. The van der Waals surface area contributed by atoms with Crippen LogP contribution in [0.1, 0.15) is 11.3 Å². The van der Waals surface area contributed by atoms with E-state index in [2.05, 4.69) is 67.8 Å². The molecule has 1 aliphatic rings. The molecule has 0 atom stereocenters. The molecule has 4 aromatic rings. The minimum atomic E-state index is -0.253. The first-order chi connectivity index (χ1) is 16.7. The number of anilines is 2. The minimum absolute atomic E-state index is 0.0857. The van der Waals surface area contributed by atoms with E-state index in [1.165, 1.54) is 5.56 Å². The van der Waals surface area contributed by atoms with Gasteiger partial charge in [0, 0.05) is 49.5 Å². The summed E-state index contributed by atoms with van der Waals surface area (Å²) in [6, 6.07) is 25.7. The third-order valence-electron chi connectivity index (χ3n) is 6.24. The molecular weight excluding hydrogens is 426 g/mol. The number of piperazine rings is 1. The number of hydrogen-bond donors (Lipinski definition) is 2. The van der Waals surface area contributed by atoms with Gasteiger partial charge in [0.1, 0.15) is 0 Å². The average Bonchev–Trinajstić information content (AvgIpc) is 2.88. The van der Waals surface area contributed by atoms with Crippen molar-refractivity contribution in [2.24, 2.45) is 0 Å². The molecule has 5 rings (SSSR count). The second kappa shape index (κ2) is 9.89. The topological polar surface area (TPSA) is 81.3 Å². The van der Waals surface area contributed by atoms with Gasteiger partial charge in [-0.15, -0.1) is 0 Å². The van der Waals surface area contributed by atoms with Crippen LogP contribution in [0, 0.1) is 0 Å². The quantitative estimate of drug-likeness (QED) is 0.468. The molecule has 34 heavy (non-hydrogen) atoms. The Kier molecular flexibility index (Phi) is 6.35. The van der Waals surface area contributed by atoms with Crippen LogP contribution in [-0.2, 0) is 17.8 Å². The molecule has 2 N–H and O–H groups in total. The second-order valence-electron chi connectivity index (χ2n) is 8.57. The lowest BCUT2D eigenvalue weighted by atomic mass is 10.1. The van der Waals surface area contributed by atoms with Crippen LogP contribution in [0.25, 0.3) is 10.8 Å². The van der Waals surface area contributed by atoms with E-state index >= 15 is 0 Å². The molecular formula is C27H27N5O2. The number of amides is 1. The number of carbonyl (C=O) groups excluding carboxylic acids is 1. The SMILES string of the molecule is O=C(Cc1n[nH]c(=O)c2ccccc12)Nc1ccc(N2CCN(Cc3ccccc3)CC2)cc1. The molecule has 0 saturated carbocycles. The minimum Gasteiger partial charge on any atom is -0.369 e. The van der Waals surface area contributed by atoms with Crippen LogP contribution in [0.2, 0.25) is 0 Å². The van der Waals surface area contributed by atoms with E-state index in [1.807, 2.05) is 24.3 Å². The van der Waals surface area contributed by atoms with Crippen molar-refractivity contribution < 1.29 is 4.79 Å². The van der Waals surface area contributed by atoms with E-state index in [-0.39, 0.29) is 17.9 Å². The third-order valence-corrected chi connectivity index (χ3v) is 6.24. The first kappa shape index (κ1) is 21.9. The van der Waals surface area contributed by atoms with Gasteiger partial charge in [-0.05, 0) is 35.9 Å². The number of H-pyrrole nitrogens is 1. The Bertz CT molecular complexity index is 1330. The van der Waals surface area contributed by atoms with Crippen LogP contribution in [0.5, 0.6) is 0 Å². The molecule has 0 spiro atoms. The predicted octanol–water partition coefficient (Wildman–Crippen LogP) is 3.43. The smallest absolute Gasteiger partial charge is 0.272 e. The van der Waals surface area contributed by atoms with Crippen molar-refractivity contribution in [2.45, 2.75) is 13.0 Å². The van der Waals surface area contributed by atoms with E-state index in [9.17, 15) is 9.59 Å². The molecule has 0 aliphatic carbocycles. The Hall–Kier alpha value is -3.97. The van der Waals surface area contributed by atoms with Crippen LogP contribution in [-0.4, -0.2) is 47.2 Å². The maximum atomic E-state index is 12.6. The Morgan fingerprint density at radius 3 is 2.26 bits per heavy atom. The van der Waals surface area contributed by atoms with Gasteiger partial charge >= 0.3 is 0 Å². The van der Waals surface area contributed by atoms with Crippen molar-refractivity contribution in [1.82, 2.24) is 15.1 Å². The second-order valence-corrected chi connectivity index (χ2v) is 8.57. The lowest BCUT2D eigenvalue weighted by Gasteiger charge is -2.36. The van der Waals surface area contributed by atoms with Gasteiger partial charge in [0.2, 0.25) is 5.91 Å². The Labute approximate surface area is 198 Å². The van der Waals surface area contributed by atoms with E-state index in [0.29, 0.717) is 16.5 Å². The van der Waals surface area contributed by atoms with Gasteiger partial charge in [-0.1, -0.05) is 48.5 Å². The number of fused-ring (bicyclic) bond motifs is 1. The van der Waals surface area contributed by atoms with Gasteiger partial charge in [0.15, 0.2) is 0 Å². The van der Waals surface area contributed by atoms with Gasteiger partial charge in [-0.2, -0.15) is 5.10 Å². The normalized spacial score (nSPS) is 14.3. The zero-order chi connectivity index (χ0) is 23.3. The van der Waals surface area contributed by atoms with E-state index in [0.717, 1.165) is 44.1 Å². The van der Waals surface area contributed by atoms with Crippen molar-refractivity contribution >= 4 is 28.1 Å². The number of hydrogen-bond acceptors (Lipinski definition) is 5. The van der Waals surface area contributed by atoms with Crippen LogP contribution >= 0.6 is 0 Å². The molecule has 7 nitrogen and oxygen atoms in total. The summed E-state index contributed by atoms with van der Waals surface area (Å²) in [4.78, 5) is 29.4. The molecule has 1 saturated heterocycles. The van der Waals surface area contributed by atoms with Gasteiger partial charge in [-0.3, -0.25) is 14.5 Å². The highest BCUT2D eigenvalue weighted by atomic mass is 16.1. The Morgan fingerprint density at radius 1 is 0.853 bits per heavy atom. The molecule has 1 amide bonds. The predicted molar refractivity (Wildman–Crippen MR) is 135 cm³/mol. The number of rotatable bonds is 6. The van der Waals surface area contributed by atoms with Gasteiger partial charge in [0.05, 0.1) is 17.5 Å². The fourth-order valence-corrected chi connectivity index (χ4v) is 4.42. The van der Waals surface area contributed by atoms with Crippen molar-refractivity contribution in [1.29, 1.82) is 0 Å². The number of aromatic amines is 1. The lowest BCUT2D eigenvalue weighted by molar-refractivity contribution is -0.115. The summed E-state index contributed by atoms with van der Waals surface area (Å²) in [5, 5.41) is 10.7. The number of nitrogens with one attached hydrogen (secondary N) is 2. The molecule has 1 fully saturated rings. The molecule has 172 valence electrons. The number of aromatic nitrogens is 2. The third kappa shape index (κ3) is 5.00. The fraction of sp³-hybridized carbons (Fsp3) is 0.222. The summed E-state index contributed by atoms with van der Waals surface area (Å²) in [6.45, 7) is 4.98. The molecule has 0 unspecified atom stereocenters. The van der Waals surface area contributed by atoms with Gasteiger partial charge in [0.25, 0.3) is 5.56 Å². The summed E-state index contributed by atoms with van der Waals surface area (Å²) in [6.07, 6.45) is 0.0857. The van der Waals surface area contributed by atoms with E-state index < -0.39 is 0 Å². The first-order valence-electron chi connectivity index (χ1n) is 11.5. The summed E-state index contributed by atoms with van der Waals surface area (Å²) in [5.41, 5.74) is 3.55. The molecule has 0 bridgehead atoms. The monoisotopic (exact) mass is 453 g/mol. The number of benzene rings is 3. The van der Waals surface area contributed by atoms with Crippen LogP contribution in [0.3, 0.4) is 0 Å². The van der Waals surface area contributed by atoms with Crippen molar-refractivity contribution in [2.75, 3.05) is 36.4 Å². The van der Waals surface area contributed by atoms with Crippen molar-refractivity contribution in [3.63, 3.8) is 0 Å². The maximum Gasteiger partial charge on any atom is 0.272 e. The highest BCUT2D eigenvalue weighted by Gasteiger charge is 2.17. The number of carbonyl (C=O) groups is 1. The van der Waals surface area contributed by atoms with E-state index in [1.54, 1.807) is 12.1 Å². The molecule has 2 heterocycles. The summed E-state index contributed by atoms with van der Waals surface area (Å²) in [7, 11) is 0. The Balaban J connectivity index is 1.16. The number of nitrogens with zero attached hydrogens (tertiary/aromatic N) is 3. The first-order valence-corrected chi connectivity index (χ1v) is 11.5. The standard InChI is InChI=1S/C27H27N5O2/c33-26(18-25-23-8-4-5-9-24(23)27(34)30-29-25)28-21-10-12-22(13-11-21)32-16-14-31(15-17-32)19-20-6-2-1-3-7-20/h1-13H,14-19H2,(H,28,33)(H,30,34). The summed E-state index contributed by atoms with van der Waals surface area (Å²) < 4.78 is 0. The van der Waals surface area contributed by atoms with Gasteiger partial charge < -0.3 is 10.2 Å². The molecule has 1 aromatic heterocycles. The summed E-state index contributed by atoms with van der Waals surface area (Å²) >= 11 is 0. The fourth-order valence-electron chi connectivity index (χ4n) is 4.42. The zero-order valence-corrected chi connectivity index (χ0v) is 18.9. The van der Waals surface area contributed by atoms with Crippen LogP contribution in [0.15, 0.2) is 83.7 Å². The lowest BCUT2D eigenvalue weighted by Crippen LogP contribution is -2.45. The van der Waals surface area contributed by atoms with Crippen LogP contribution < -0.4 is 15.8 Å². The van der Waals surface area contributed by atoms with Crippen LogP contribution in [0.4, 0.5) is 11.4 Å². The molecule has 3 aromatic carbocycles. The van der Waals surface area contributed by atoms with Crippen molar-refractivity contribution in [3.05, 3.63) is 100 Å². The van der Waals surface area contributed by atoms with E-state index in [4.69, 9.17) is 0 Å². The van der Waals surface area contributed by atoms with Crippen molar-refractivity contribution in [3.8, 4) is 0 Å². The van der Waals surface area contributed by atoms with Gasteiger partial charge in [-0.25, -0.2) is 5.10 Å².